The van der Waals surface area contributed by atoms with E-state index < -0.39 is 18.1 Å². The van der Waals surface area contributed by atoms with Crippen LogP contribution in [0.5, 0.6) is 0 Å². The summed E-state index contributed by atoms with van der Waals surface area (Å²) in [5, 5.41) is 16.8. The first kappa shape index (κ1) is 17.2. The molecule has 2 fully saturated rings. The van der Waals surface area contributed by atoms with E-state index in [0.29, 0.717) is 37.3 Å². The predicted molar refractivity (Wildman–Crippen MR) is 91.9 cm³/mol. The molecule has 2 aliphatic rings. The molecule has 1 aromatic carbocycles. The van der Waals surface area contributed by atoms with Crippen LogP contribution >= 0.6 is 0 Å². The summed E-state index contributed by atoms with van der Waals surface area (Å²) in [7, 11) is 0. The van der Waals surface area contributed by atoms with Gasteiger partial charge in [-0.25, -0.2) is 4.79 Å². The van der Waals surface area contributed by atoms with Gasteiger partial charge in [-0.05, 0) is 43.7 Å². The lowest BCUT2D eigenvalue weighted by molar-refractivity contribution is -0.145. The number of nitrogens with one attached hydrogen (secondary N) is 1. The number of carboxylic acids is 1. The van der Waals surface area contributed by atoms with Gasteiger partial charge in [0.1, 0.15) is 18.0 Å². The SMILES string of the molecule is N=C(N)c1ccc(N2CC(CN3CCCCC3C(=O)O)OC2=O)cc1. The number of amides is 1. The van der Waals surface area contributed by atoms with Gasteiger partial charge in [-0.1, -0.05) is 6.42 Å². The fourth-order valence-corrected chi connectivity index (χ4v) is 3.40. The number of nitrogen functional groups attached to an aromatic ring is 1. The van der Waals surface area contributed by atoms with Crippen molar-refractivity contribution < 1.29 is 19.4 Å². The lowest BCUT2D eigenvalue weighted by Crippen LogP contribution is -2.48. The Morgan fingerprint density at radius 1 is 1.32 bits per heavy atom. The first-order valence-electron chi connectivity index (χ1n) is 8.35. The summed E-state index contributed by atoms with van der Waals surface area (Å²) in [6.45, 7) is 1.50. The molecule has 1 aromatic rings. The number of piperidine rings is 1. The third kappa shape index (κ3) is 3.74. The van der Waals surface area contributed by atoms with Crippen LogP contribution in [0, 0.1) is 5.41 Å². The number of aliphatic carboxylic acids is 1. The van der Waals surface area contributed by atoms with E-state index in [4.69, 9.17) is 15.9 Å². The van der Waals surface area contributed by atoms with Crippen LogP contribution in [0.4, 0.5) is 10.5 Å². The number of likely N-dealkylation sites (tertiary alicyclic amines) is 1. The first-order chi connectivity index (χ1) is 12.0. The lowest BCUT2D eigenvalue weighted by Gasteiger charge is -2.33. The van der Waals surface area contributed by atoms with E-state index in [2.05, 4.69) is 0 Å². The van der Waals surface area contributed by atoms with Crippen LogP contribution in [-0.2, 0) is 9.53 Å². The van der Waals surface area contributed by atoms with Crippen molar-refractivity contribution in [2.24, 2.45) is 5.73 Å². The molecule has 0 spiro atoms. The number of cyclic esters (lactones) is 1. The smallest absolute Gasteiger partial charge is 0.414 e. The molecule has 2 atom stereocenters. The van der Waals surface area contributed by atoms with Gasteiger partial charge in [0.25, 0.3) is 0 Å². The predicted octanol–water partition coefficient (Wildman–Crippen LogP) is 1.23. The second kappa shape index (κ2) is 7.10. The van der Waals surface area contributed by atoms with Crippen LogP contribution in [-0.4, -0.2) is 59.7 Å². The van der Waals surface area contributed by atoms with E-state index >= 15 is 0 Å². The van der Waals surface area contributed by atoms with Crippen LogP contribution in [0.25, 0.3) is 0 Å². The highest BCUT2D eigenvalue weighted by molar-refractivity contribution is 5.96. The van der Waals surface area contributed by atoms with Crippen molar-refractivity contribution in [2.75, 3.05) is 24.5 Å². The van der Waals surface area contributed by atoms with E-state index in [-0.39, 0.29) is 11.9 Å². The molecule has 0 aromatic heterocycles. The van der Waals surface area contributed by atoms with Gasteiger partial charge in [0.15, 0.2) is 0 Å². The zero-order valence-corrected chi connectivity index (χ0v) is 13.9. The molecule has 0 aliphatic carbocycles. The lowest BCUT2D eigenvalue weighted by atomic mass is 10.0. The standard InChI is InChI=1S/C17H22N4O4/c18-15(19)11-4-6-12(7-5-11)21-10-13(25-17(21)24)9-20-8-2-1-3-14(20)16(22)23/h4-7,13-14H,1-3,8-10H2,(H3,18,19)(H,22,23). The quantitative estimate of drug-likeness (QED) is 0.545. The van der Waals surface area contributed by atoms with Crippen LogP contribution in [0.1, 0.15) is 24.8 Å². The van der Waals surface area contributed by atoms with Crippen molar-refractivity contribution in [3.05, 3.63) is 29.8 Å². The molecule has 0 saturated carbocycles. The maximum absolute atomic E-state index is 12.2. The largest absolute Gasteiger partial charge is 0.480 e. The number of hydrogen-bond donors (Lipinski definition) is 3. The molecular weight excluding hydrogens is 324 g/mol. The Balaban J connectivity index is 1.65. The number of nitrogens with two attached hydrogens (primary N) is 1. The molecule has 3 rings (SSSR count). The van der Waals surface area contributed by atoms with E-state index in [1.165, 1.54) is 4.90 Å². The van der Waals surface area contributed by atoms with Crippen molar-refractivity contribution in [3.63, 3.8) is 0 Å². The summed E-state index contributed by atoms with van der Waals surface area (Å²) < 4.78 is 5.42. The Labute approximate surface area is 145 Å². The van der Waals surface area contributed by atoms with E-state index in [1.54, 1.807) is 24.3 Å². The number of carbonyl (C=O) groups excluding carboxylic acids is 1. The fraction of sp³-hybridized carbons (Fsp3) is 0.471. The second-order valence-corrected chi connectivity index (χ2v) is 6.42. The molecule has 8 heteroatoms. The third-order valence-corrected chi connectivity index (χ3v) is 4.70. The number of carbonyl (C=O) groups is 2. The molecule has 2 heterocycles. The Morgan fingerprint density at radius 3 is 2.68 bits per heavy atom. The molecule has 8 nitrogen and oxygen atoms in total. The average molecular weight is 346 g/mol. The molecule has 2 saturated heterocycles. The number of carboxylic acid groups (broad SMARTS) is 1. The van der Waals surface area contributed by atoms with Gasteiger partial charge < -0.3 is 15.6 Å². The van der Waals surface area contributed by atoms with Crippen LogP contribution in [0.15, 0.2) is 24.3 Å². The molecule has 25 heavy (non-hydrogen) atoms. The second-order valence-electron chi connectivity index (χ2n) is 6.42. The number of rotatable bonds is 5. The summed E-state index contributed by atoms with van der Waals surface area (Å²) in [5.41, 5.74) is 6.69. The normalized spacial score (nSPS) is 24.2. The number of ether oxygens (including phenoxy) is 1. The van der Waals surface area contributed by atoms with Crippen LogP contribution in [0.3, 0.4) is 0 Å². The molecule has 2 aliphatic heterocycles. The van der Waals surface area contributed by atoms with Gasteiger partial charge >= 0.3 is 12.1 Å². The van der Waals surface area contributed by atoms with E-state index in [9.17, 15) is 14.7 Å². The molecule has 0 radical (unpaired) electrons. The molecule has 2 unspecified atom stereocenters. The van der Waals surface area contributed by atoms with Crippen molar-refractivity contribution in [1.29, 1.82) is 5.41 Å². The Bertz CT molecular complexity index is 676. The zero-order chi connectivity index (χ0) is 18.0. The van der Waals surface area contributed by atoms with Crippen LogP contribution < -0.4 is 10.6 Å². The molecular formula is C17H22N4O4. The number of nitrogens with zero attached hydrogens (tertiary/aromatic N) is 2. The van der Waals surface area contributed by atoms with Crippen molar-refractivity contribution >= 4 is 23.6 Å². The molecule has 134 valence electrons. The highest BCUT2D eigenvalue weighted by atomic mass is 16.6. The van der Waals surface area contributed by atoms with Crippen molar-refractivity contribution in [2.45, 2.75) is 31.4 Å². The maximum Gasteiger partial charge on any atom is 0.414 e. The molecule has 4 N–H and O–H groups in total. The number of amidine groups is 1. The van der Waals surface area contributed by atoms with Gasteiger partial charge in [-0.15, -0.1) is 0 Å². The van der Waals surface area contributed by atoms with Gasteiger partial charge in [-0.3, -0.25) is 20.0 Å². The monoisotopic (exact) mass is 346 g/mol. The highest BCUT2D eigenvalue weighted by Gasteiger charge is 2.37. The molecule has 0 bridgehead atoms. The minimum Gasteiger partial charge on any atom is -0.480 e. The third-order valence-electron chi connectivity index (χ3n) is 4.70. The summed E-state index contributed by atoms with van der Waals surface area (Å²) in [6, 6.07) is 6.31. The Hall–Kier alpha value is -2.61. The van der Waals surface area contributed by atoms with Crippen molar-refractivity contribution in [3.8, 4) is 0 Å². The van der Waals surface area contributed by atoms with Gasteiger partial charge in [0.2, 0.25) is 0 Å². The number of anilines is 1. The highest BCUT2D eigenvalue weighted by Crippen LogP contribution is 2.24. The van der Waals surface area contributed by atoms with E-state index in [1.807, 2.05) is 4.90 Å². The van der Waals surface area contributed by atoms with Gasteiger partial charge in [0.05, 0.1) is 6.54 Å². The Morgan fingerprint density at radius 2 is 2.04 bits per heavy atom. The Kier molecular flexibility index (Phi) is 4.89. The van der Waals surface area contributed by atoms with Crippen LogP contribution in [0.2, 0.25) is 0 Å². The van der Waals surface area contributed by atoms with Gasteiger partial charge in [0, 0.05) is 17.8 Å². The summed E-state index contributed by atoms with van der Waals surface area (Å²) >= 11 is 0. The van der Waals surface area contributed by atoms with E-state index in [0.717, 1.165) is 12.8 Å². The summed E-state index contributed by atoms with van der Waals surface area (Å²) in [4.78, 5) is 27.0. The summed E-state index contributed by atoms with van der Waals surface area (Å²) in [5.74, 6) is -0.848. The van der Waals surface area contributed by atoms with Gasteiger partial charge in [-0.2, -0.15) is 0 Å². The topological polar surface area (TPSA) is 120 Å². The summed E-state index contributed by atoms with van der Waals surface area (Å²) in [6.07, 6.45) is 1.70. The minimum atomic E-state index is -0.819. The zero-order valence-electron chi connectivity index (χ0n) is 13.9. The average Bonchev–Trinajstić information content (AvgIpc) is 2.95. The molecule has 1 amide bonds. The van der Waals surface area contributed by atoms with Crippen molar-refractivity contribution in [1.82, 2.24) is 4.90 Å². The number of benzene rings is 1. The minimum absolute atomic E-state index is 0.0294. The number of hydrogen-bond acceptors (Lipinski definition) is 5. The fourth-order valence-electron chi connectivity index (χ4n) is 3.40. The first-order valence-corrected chi connectivity index (χ1v) is 8.35. The maximum atomic E-state index is 12.2.